The van der Waals surface area contributed by atoms with E-state index in [-0.39, 0.29) is 11.5 Å². The molecule has 5 nitrogen and oxygen atoms in total. The Hall–Kier alpha value is -1.99. The molecule has 2 bridgehead atoms. The average Bonchev–Trinajstić information content (AvgIpc) is 3.60. The van der Waals surface area contributed by atoms with Crippen molar-refractivity contribution in [3.63, 3.8) is 0 Å². The Labute approximate surface area is 211 Å². The van der Waals surface area contributed by atoms with Crippen LogP contribution < -0.4 is 0 Å². The second-order valence-electron chi connectivity index (χ2n) is 11.4. The van der Waals surface area contributed by atoms with Gasteiger partial charge in [-0.15, -0.1) is 11.3 Å². The van der Waals surface area contributed by atoms with Crippen molar-refractivity contribution < 1.29 is 10.2 Å². The molecule has 2 aliphatic carbocycles. The van der Waals surface area contributed by atoms with Crippen molar-refractivity contribution in [1.82, 2.24) is 14.8 Å². The molecule has 4 aliphatic rings. The average molecular weight is 490 g/mol. The lowest BCUT2D eigenvalue weighted by atomic mass is 9.52. The largest absolute Gasteiger partial charge is 0.508 e. The number of nitrogens with zero attached hydrogens (tertiary/aromatic N) is 3. The molecule has 3 atom stereocenters. The summed E-state index contributed by atoms with van der Waals surface area (Å²) in [7, 11) is 0. The van der Waals surface area contributed by atoms with E-state index in [2.05, 4.69) is 40.1 Å². The Bertz CT molecular complexity index is 1220. The van der Waals surface area contributed by atoms with Crippen LogP contribution in [0.2, 0.25) is 0 Å². The van der Waals surface area contributed by atoms with Gasteiger partial charge in [-0.3, -0.25) is 4.90 Å². The van der Waals surface area contributed by atoms with Crippen LogP contribution in [0.3, 0.4) is 0 Å². The van der Waals surface area contributed by atoms with Gasteiger partial charge in [-0.2, -0.15) is 0 Å². The summed E-state index contributed by atoms with van der Waals surface area (Å²) >= 11 is 1.81. The van der Waals surface area contributed by atoms with Crippen LogP contribution in [0.25, 0.3) is 10.2 Å². The molecule has 2 aromatic carbocycles. The molecule has 0 amide bonds. The smallest absolute Gasteiger partial charge is 0.115 e. The second kappa shape index (κ2) is 8.27. The number of hydrogen-bond acceptors (Lipinski definition) is 6. The van der Waals surface area contributed by atoms with Gasteiger partial charge in [0, 0.05) is 37.5 Å². The summed E-state index contributed by atoms with van der Waals surface area (Å²) in [5.41, 5.74) is 2.64. The molecule has 3 heterocycles. The molecular formula is C29H35N3O2S. The molecule has 35 heavy (non-hydrogen) atoms. The molecule has 2 aliphatic heterocycles. The predicted octanol–water partition coefficient (Wildman–Crippen LogP) is 4.35. The minimum absolute atomic E-state index is 0.179. The number of phenols is 1. The van der Waals surface area contributed by atoms with Gasteiger partial charge in [0.05, 0.1) is 20.8 Å². The molecular weight excluding hydrogens is 454 g/mol. The lowest BCUT2D eigenvalue weighted by Crippen LogP contribution is -2.71. The fourth-order valence-electron chi connectivity index (χ4n) is 7.42. The highest BCUT2D eigenvalue weighted by Crippen LogP contribution is 2.56. The summed E-state index contributed by atoms with van der Waals surface area (Å²) in [5.74, 6) is 1.15. The summed E-state index contributed by atoms with van der Waals surface area (Å²) in [4.78, 5) is 10.0. The first kappa shape index (κ1) is 22.2. The number of aliphatic hydroxyl groups is 1. The lowest BCUT2D eigenvalue weighted by Gasteiger charge is -2.61. The minimum atomic E-state index is -0.744. The van der Waals surface area contributed by atoms with Gasteiger partial charge in [-0.05, 0) is 92.9 Å². The number of piperidine rings is 1. The van der Waals surface area contributed by atoms with Gasteiger partial charge in [-0.1, -0.05) is 18.2 Å². The van der Waals surface area contributed by atoms with Gasteiger partial charge in [0.2, 0.25) is 0 Å². The molecule has 7 rings (SSSR count). The van der Waals surface area contributed by atoms with E-state index in [1.807, 2.05) is 23.5 Å². The van der Waals surface area contributed by atoms with Crippen LogP contribution in [-0.4, -0.2) is 69.4 Å². The number of likely N-dealkylation sites (tertiary alicyclic amines) is 2. The van der Waals surface area contributed by atoms with Crippen LogP contribution in [0.4, 0.5) is 0 Å². The van der Waals surface area contributed by atoms with Gasteiger partial charge < -0.3 is 15.1 Å². The van der Waals surface area contributed by atoms with Crippen molar-refractivity contribution >= 4 is 21.6 Å². The van der Waals surface area contributed by atoms with Crippen LogP contribution in [0.15, 0.2) is 42.5 Å². The Morgan fingerprint density at radius 2 is 1.86 bits per heavy atom. The van der Waals surface area contributed by atoms with Crippen molar-refractivity contribution in [2.24, 2.45) is 5.92 Å². The van der Waals surface area contributed by atoms with Gasteiger partial charge in [-0.25, -0.2) is 4.98 Å². The number of aromatic hydroxyl groups is 1. The molecule has 2 saturated heterocycles. The molecule has 1 saturated carbocycles. The molecule has 0 radical (unpaired) electrons. The predicted molar refractivity (Wildman–Crippen MR) is 140 cm³/mol. The van der Waals surface area contributed by atoms with Crippen molar-refractivity contribution in [2.75, 3.05) is 32.7 Å². The van der Waals surface area contributed by atoms with E-state index < -0.39 is 5.60 Å². The topological polar surface area (TPSA) is 59.8 Å². The van der Waals surface area contributed by atoms with E-state index in [1.54, 1.807) is 0 Å². The monoisotopic (exact) mass is 489 g/mol. The SMILES string of the molecule is Oc1ccc2c(c1)[C@@]13CCN(CCc4nc5ccccc5s4)CC[C@@]1(O)[C@@H](C2)N(CC1CC1)CC3. The maximum atomic E-state index is 12.6. The van der Waals surface area contributed by atoms with Crippen LogP contribution in [0.5, 0.6) is 5.75 Å². The summed E-state index contributed by atoms with van der Waals surface area (Å²) in [5, 5.41) is 24.2. The zero-order chi connectivity index (χ0) is 23.6. The highest BCUT2D eigenvalue weighted by molar-refractivity contribution is 7.18. The number of hydrogen-bond donors (Lipinski definition) is 2. The van der Waals surface area contributed by atoms with Crippen molar-refractivity contribution in [1.29, 1.82) is 0 Å². The number of benzene rings is 2. The molecule has 1 aromatic heterocycles. The number of thiazole rings is 1. The standard InChI is InChI=1S/C29H35N3O2S/c33-22-8-7-21-17-26-29(34)12-15-31(13-9-27-30-24-3-1-2-4-25(24)35-27)14-10-28(29,23(21)18-22)11-16-32(26)19-20-5-6-20/h1-4,7-8,18,20,26,33-34H,5-6,9-17,19H2/t26-,28+,29-/m1/s1. The van der Waals surface area contributed by atoms with E-state index >= 15 is 0 Å². The number of phenolic OH excluding ortho intramolecular Hbond substituents is 1. The van der Waals surface area contributed by atoms with E-state index in [0.29, 0.717) is 5.75 Å². The van der Waals surface area contributed by atoms with Crippen molar-refractivity contribution in [3.8, 4) is 5.75 Å². The van der Waals surface area contributed by atoms with Gasteiger partial charge >= 0.3 is 0 Å². The van der Waals surface area contributed by atoms with E-state index in [4.69, 9.17) is 4.98 Å². The van der Waals surface area contributed by atoms with E-state index in [1.165, 1.54) is 33.7 Å². The highest BCUT2D eigenvalue weighted by Gasteiger charge is 2.63. The maximum Gasteiger partial charge on any atom is 0.115 e. The second-order valence-corrected chi connectivity index (χ2v) is 12.5. The van der Waals surface area contributed by atoms with Gasteiger partial charge in [0.1, 0.15) is 5.75 Å². The molecule has 2 N–H and O–H groups in total. The molecule has 0 unspecified atom stereocenters. The zero-order valence-corrected chi connectivity index (χ0v) is 21.1. The molecule has 6 heteroatoms. The molecule has 3 fully saturated rings. The van der Waals surface area contributed by atoms with Gasteiger partial charge in [0.25, 0.3) is 0 Å². The first-order valence-corrected chi connectivity index (χ1v) is 14.2. The molecule has 3 aromatic rings. The Kier molecular flexibility index (Phi) is 5.25. The first-order valence-electron chi connectivity index (χ1n) is 13.4. The summed E-state index contributed by atoms with van der Waals surface area (Å²) in [6.45, 7) is 5.08. The molecule has 0 spiro atoms. The maximum absolute atomic E-state index is 12.6. The van der Waals surface area contributed by atoms with Crippen molar-refractivity contribution in [2.45, 2.75) is 62.0 Å². The van der Waals surface area contributed by atoms with Crippen LogP contribution in [-0.2, 0) is 18.3 Å². The third-order valence-corrected chi connectivity index (χ3v) is 10.6. The fourth-order valence-corrected chi connectivity index (χ4v) is 8.37. The van der Waals surface area contributed by atoms with Crippen LogP contribution in [0.1, 0.15) is 48.2 Å². The summed E-state index contributed by atoms with van der Waals surface area (Å²) in [6.07, 6.45) is 7.27. The summed E-state index contributed by atoms with van der Waals surface area (Å²) in [6, 6.07) is 14.5. The Morgan fingerprint density at radius 1 is 1.03 bits per heavy atom. The normalized spacial score (nSPS) is 31.2. The Balaban J connectivity index is 1.17. The zero-order valence-electron chi connectivity index (χ0n) is 20.3. The third kappa shape index (κ3) is 3.64. The van der Waals surface area contributed by atoms with Gasteiger partial charge in [0.15, 0.2) is 0 Å². The Morgan fingerprint density at radius 3 is 2.71 bits per heavy atom. The molecule has 184 valence electrons. The van der Waals surface area contributed by atoms with Crippen LogP contribution in [0, 0.1) is 5.92 Å². The highest BCUT2D eigenvalue weighted by atomic mass is 32.1. The fraction of sp³-hybridized carbons (Fsp3) is 0.552. The van der Waals surface area contributed by atoms with Crippen LogP contribution >= 0.6 is 11.3 Å². The third-order valence-electron chi connectivity index (χ3n) is 9.50. The lowest BCUT2D eigenvalue weighted by molar-refractivity contribution is -0.149. The number of fused-ring (bicyclic) bond motifs is 2. The first-order chi connectivity index (χ1) is 17.0. The quantitative estimate of drug-likeness (QED) is 0.558. The minimum Gasteiger partial charge on any atom is -0.508 e. The number of aromatic nitrogens is 1. The van der Waals surface area contributed by atoms with E-state index in [9.17, 15) is 10.2 Å². The summed E-state index contributed by atoms with van der Waals surface area (Å²) < 4.78 is 1.26. The van der Waals surface area contributed by atoms with E-state index in [0.717, 1.165) is 76.3 Å². The number of para-hydroxylation sites is 1. The van der Waals surface area contributed by atoms with Crippen molar-refractivity contribution in [3.05, 3.63) is 58.6 Å². The number of rotatable bonds is 5.